The molecule has 1 aliphatic rings. The molecule has 31 heavy (non-hydrogen) atoms. The van der Waals surface area contributed by atoms with E-state index in [4.69, 9.17) is 9.47 Å². The monoisotopic (exact) mass is 446 g/mol. The van der Waals surface area contributed by atoms with Crippen LogP contribution in [-0.4, -0.2) is 55.4 Å². The number of rotatable bonds is 5. The van der Waals surface area contributed by atoms with Crippen molar-refractivity contribution in [3.05, 3.63) is 48.3 Å². The maximum atomic E-state index is 12.1. The number of aromatic nitrogens is 1. The third-order valence-corrected chi connectivity index (χ3v) is 6.13. The number of carbonyl (C=O) groups excluding carboxylic acids is 1. The molecule has 0 radical (unpaired) electrons. The van der Waals surface area contributed by atoms with Crippen LogP contribution in [0.15, 0.2) is 47.5 Å². The lowest BCUT2D eigenvalue weighted by molar-refractivity contribution is -0.0178. The van der Waals surface area contributed by atoms with E-state index in [0.717, 1.165) is 29.7 Å². The average Bonchev–Trinajstić information content (AvgIpc) is 2.71. The van der Waals surface area contributed by atoms with Crippen molar-refractivity contribution < 1.29 is 22.7 Å². The summed E-state index contributed by atoms with van der Waals surface area (Å²) in [6.07, 6.45) is 4.31. The van der Waals surface area contributed by atoms with Gasteiger partial charge in [-0.15, -0.1) is 0 Å². The molecule has 0 saturated carbocycles. The second-order valence-corrected chi connectivity index (χ2v) is 10.8. The minimum atomic E-state index is -3.20. The number of ether oxygens (including phenoxy) is 2. The van der Waals surface area contributed by atoms with E-state index in [9.17, 15) is 13.2 Å². The van der Waals surface area contributed by atoms with E-state index in [2.05, 4.69) is 4.98 Å². The van der Waals surface area contributed by atoms with E-state index in [0.29, 0.717) is 24.6 Å². The number of carbonyl (C=O) groups is 1. The van der Waals surface area contributed by atoms with E-state index in [1.807, 2.05) is 32.9 Å². The highest BCUT2D eigenvalue weighted by molar-refractivity contribution is 7.90. The SMILES string of the molecule is CC(C)(C)OC(=O)N1CCC(OCc2ccc(-c3ccc(S(C)(=O)=O)cc3)cn2)CC1. The van der Waals surface area contributed by atoms with Crippen LogP contribution in [-0.2, 0) is 25.9 Å². The van der Waals surface area contributed by atoms with E-state index >= 15 is 0 Å². The van der Waals surface area contributed by atoms with Crippen molar-refractivity contribution in [3.63, 3.8) is 0 Å². The third-order valence-electron chi connectivity index (χ3n) is 5.00. The average molecular weight is 447 g/mol. The lowest BCUT2D eigenvalue weighted by Crippen LogP contribution is -2.43. The van der Waals surface area contributed by atoms with Crippen LogP contribution < -0.4 is 0 Å². The van der Waals surface area contributed by atoms with Crippen LogP contribution in [0.4, 0.5) is 4.79 Å². The van der Waals surface area contributed by atoms with Crippen LogP contribution >= 0.6 is 0 Å². The second-order valence-electron chi connectivity index (χ2n) is 8.81. The molecule has 2 heterocycles. The van der Waals surface area contributed by atoms with Gasteiger partial charge in [0, 0.05) is 31.1 Å². The first-order chi connectivity index (χ1) is 14.5. The Morgan fingerprint density at radius 3 is 2.19 bits per heavy atom. The minimum Gasteiger partial charge on any atom is -0.444 e. The molecule has 0 unspecified atom stereocenters. The molecule has 1 aromatic carbocycles. The molecular weight excluding hydrogens is 416 g/mol. The Bertz CT molecular complexity index is 988. The van der Waals surface area contributed by atoms with Gasteiger partial charge in [-0.3, -0.25) is 4.98 Å². The number of benzene rings is 1. The summed E-state index contributed by atoms with van der Waals surface area (Å²) in [6.45, 7) is 7.24. The van der Waals surface area contributed by atoms with Gasteiger partial charge in [0.05, 0.1) is 23.3 Å². The fourth-order valence-electron chi connectivity index (χ4n) is 3.31. The van der Waals surface area contributed by atoms with Gasteiger partial charge in [-0.05, 0) is 57.4 Å². The Balaban J connectivity index is 1.48. The maximum absolute atomic E-state index is 12.1. The highest BCUT2D eigenvalue weighted by Crippen LogP contribution is 2.22. The molecule has 0 atom stereocenters. The molecule has 1 fully saturated rings. The topological polar surface area (TPSA) is 85.8 Å². The number of amides is 1. The van der Waals surface area contributed by atoms with Gasteiger partial charge in [0.1, 0.15) is 5.60 Å². The zero-order chi connectivity index (χ0) is 22.6. The van der Waals surface area contributed by atoms with E-state index in [-0.39, 0.29) is 12.2 Å². The van der Waals surface area contributed by atoms with Gasteiger partial charge in [-0.1, -0.05) is 18.2 Å². The van der Waals surface area contributed by atoms with Crippen molar-refractivity contribution in [2.24, 2.45) is 0 Å². The van der Waals surface area contributed by atoms with Crippen molar-refractivity contribution in [2.75, 3.05) is 19.3 Å². The highest BCUT2D eigenvalue weighted by Gasteiger charge is 2.27. The molecule has 8 heteroatoms. The van der Waals surface area contributed by atoms with E-state index in [1.54, 1.807) is 35.4 Å². The fourth-order valence-corrected chi connectivity index (χ4v) is 3.94. The Morgan fingerprint density at radius 1 is 1.06 bits per heavy atom. The molecule has 0 aliphatic carbocycles. The molecule has 2 aromatic rings. The van der Waals surface area contributed by atoms with E-state index < -0.39 is 15.4 Å². The summed E-state index contributed by atoms with van der Waals surface area (Å²) < 4.78 is 34.6. The summed E-state index contributed by atoms with van der Waals surface area (Å²) in [5.41, 5.74) is 2.15. The largest absolute Gasteiger partial charge is 0.444 e. The molecule has 3 rings (SSSR count). The lowest BCUT2D eigenvalue weighted by atomic mass is 10.1. The highest BCUT2D eigenvalue weighted by atomic mass is 32.2. The predicted molar refractivity (Wildman–Crippen MR) is 118 cm³/mol. The van der Waals surface area contributed by atoms with Gasteiger partial charge in [-0.25, -0.2) is 13.2 Å². The quantitative estimate of drug-likeness (QED) is 0.688. The van der Waals surface area contributed by atoms with Crippen LogP contribution in [0.2, 0.25) is 0 Å². The van der Waals surface area contributed by atoms with Crippen LogP contribution in [0.5, 0.6) is 0 Å². The predicted octanol–water partition coefficient (Wildman–Crippen LogP) is 4.07. The summed E-state index contributed by atoms with van der Waals surface area (Å²) in [7, 11) is -3.20. The maximum Gasteiger partial charge on any atom is 0.410 e. The van der Waals surface area contributed by atoms with Crippen molar-refractivity contribution >= 4 is 15.9 Å². The number of pyridine rings is 1. The molecule has 1 saturated heterocycles. The summed E-state index contributed by atoms with van der Waals surface area (Å²) in [5, 5.41) is 0. The van der Waals surface area contributed by atoms with Gasteiger partial charge < -0.3 is 14.4 Å². The summed E-state index contributed by atoms with van der Waals surface area (Å²) in [5.74, 6) is 0. The summed E-state index contributed by atoms with van der Waals surface area (Å²) in [6, 6.07) is 10.6. The molecule has 7 nitrogen and oxygen atoms in total. The molecule has 0 spiro atoms. The number of piperidine rings is 1. The molecule has 1 aromatic heterocycles. The molecule has 1 amide bonds. The Morgan fingerprint density at radius 2 is 1.68 bits per heavy atom. The number of nitrogens with zero attached hydrogens (tertiary/aromatic N) is 2. The van der Waals surface area contributed by atoms with Crippen molar-refractivity contribution in [1.29, 1.82) is 0 Å². The molecule has 1 aliphatic heterocycles. The Hall–Kier alpha value is -2.45. The van der Waals surface area contributed by atoms with Crippen LogP contribution in [0.25, 0.3) is 11.1 Å². The van der Waals surface area contributed by atoms with Gasteiger partial charge in [0.25, 0.3) is 0 Å². The molecule has 0 N–H and O–H groups in total. The van der Waals surface area contributed by atoms with Crippen molar-refractivity contribution in [2.45, 2.75) is 56.8 Å². The first-order valence-electron chi connectivity index (χ1n) is 10.4. The summed E-state index contributed by atoms with van der Waals surface area (Å²) >= 11 is 0. The normalized spacial score (nSPS) is 15.7. The number of likely N-dealkylation sites (tertiary alicyclic amines) is 1. The standard InChI is InChI=1S/C23H30N2O5S/c1-23(2,3)30-22(26)25-13-11-20(12-14-25)29-16-19-8-5-18(15-24-19)17-6-9-21(10-7-17)31(4,27)28/h5-10,15,20H,11-14,16H2,1-4H3. The van der Waals surface area contributed by atoms with Gasteiger partial charge in [0.15, 0.2) is 9.84 Å². The zero-order valence-electron chi connectivity index (χ0n) is 18.5. The van der Waals surface area contributed by atoms with Crippen molar-refractivity contribution in [3.8, 4) is 11.1 Å². The van der Waals surface area contributed by atoms with E-state index in [1.165, 1.54) is 6.26 Å². The molecule has 168 valence electrons. The Labute approximate surface area is 184 Å². The fraction of sp³-hybridized carbons (Fsp3) is 0.478. The summed E-state index contributed by atoms with van der Waals surface area (Å²) in [4.78, 5) is 18.6. The first kappa shape index (κ1) is 23.2. The van der Waals surface area contributed by atoms with Crippen LogP contribution in [0, 0.1) is 0 Å². The second kappa shape index (κ2) is 9.36. The molecule has 0 bridgehead atoms. The zero-order valence-corrected chi connectivity index (χ0v) is 19.3. The minimum absolute atomic E-state index is 0.0868. The first-order valence-corrected chi connectivity index (χ1v) is 12.3. The number of hydrogen-bond donors (Lipinski definition) is 0. The van der Waals surface area contributed by atoms with Gasteiger partial charge >= 0.3 is 6.09 Å². The number of hydrogen-bond acceptors (Lipinski definition) is 6. The van der Waals surface area contributed by atoms with Gasteiger partial charge in [-0.2, -0.15) is 0 Å². The van der Waals surface area contributed by atoms with Crippen LogP contribution in [0.1, 0.15) is 39.3 Å². The van der Waals surface area contributed by atoms with Crippen LogP contribution in [0.3, 0.4) is 0 Å². The Kier molecular flexibility index (Phi) is 7.01. The van der Waals surface area contributed by atoms with Crippen molar-refractivity contribution in [1.82, 2.24) is 9.88 Å². The number of sulfone groups is 1. The smallest absolute Gasteiger partial charge is 0.410 e. The lowest BCUT2D eigenvalue weighted by Gasteiger charge is -2.33. The van der Waals surface area contributed by atoms with Gasteiger partial charge in [0.2, 0.25) is 0 Å². The third kappa shape index (κ3) is 6.77. The molecular formula is C23H30N2O5S.